The molecule has 0 saturated carbocycles. The minimum absolute atomic E-state index is 0.0895. The first-order valence-corrected chi connectivity index (χ1v) is 8.43. The average Bonchev–Trinajstić information content (AvgIpc) is 2.72. The van der Waals surface area contributed by atoms with Gasteiger partial charge >= 0.3 is 0 Å². The molecular formula is C16H28N2O4. The average molecular weight is 312 g/mol. The Bertz CT molecular complexity index is 402. The topological polar surface area (TPSA) is 81.1 Å². The fourth-order valence-electron chi connectivity index (χ4n) is 3.26. The normalized spacial score (nSPS) is 26.9. The van der Waals surface area contributed by atoms with Gasteiger partial charge in [0.1, 0.15) is 0 Å². The van der Waals surface area contributed by atoms with Crippen molar-refractivity contribution >= 4 is 11.8 Å². The van der Waals surface area contributed by atoms with Crippen molar-refractivity contribution in [3.8, 4) is 0 Å². The van der Waals surface area contributed by atoms with Crippen LogP contribution in [0.5, 0.6) is 0 Å². The molecule has 0 bridgehead atoms. The Balaban J connectivity index is 1.71. The largest absolute Gasteiger partial charge is 0.393 e. The number of carbonyl (C=O) groups excluding carboxylic acids is 2. The van der Waals surface area contributed by atoms with Gasteiger partial charge in [-0.1, -0.05) is 0 Å². The van der Waals surface area contributed by atoms with Crippen molar-refractivity contribution in [3.63, 3.8) is 0 Å². The third kappa shape index (κ3) is 4.68. The number of aliphatic hydroxyl groups is 2. The fourth-order valence-corrected chi connectivity index (χ4v) is 3.26. The maximum atomic E-state index is 12.3. The molecular weight excluding hydrogens is 284 g/mol. The third-order valence-electron chi connectivity index (χ3n) is 4.80. The fraction of sp³-hybridized carbons (Fsp3) is 0.875. The van der Waals surface area contributed by atoms with Crippen LogP contribution in [0.3, 0.4) is 0 Å². The van der Waals surface area contributed by atoms with E-state index in [-0.39, 0.29) is 18.4 Å². The Morgan fingerprint density at radius 2 is 1.95 bits per heavy atom. The van der Waals surface area contributed by atoms with Gasteiger partial charge < -0.3 is 20.0 Å². The molecule has 2 amide bonds. The molecule has 2 rings (SSSR count). The molecule has 2 heterocycles. The van der Waals surface area contributed by atoms with Gasteiger partial charge in [-0.25, -0.2) is 0 Å². The van der Waals surface area contributed by atoms with Gasteiger partial charge in [-0.3, -0.25) is 9.59 Å². The second-order valence-corrected chi connectivity index (χ2v) is 6.56. The molecule has 2 aliphatic heterocycles. The van der Waals surface area contributed by atoms with E-state index < -0.39 is 5.60 Å². The molecule has 126 valence electrons. The van der Waals surface area contributed by atoms with Crippen LogP contribution in [0.4, 0.5) is 0 Å². The highest BCUT2D eigenvalue weighted by Crippen LogP contribution is 2.22. The highest BCUT2D eigenvalue weighted by molar-refractivity contribution is 5.77. The summed E-state index contributed by atoms with van der Waals surface area (Å²) in [6.07, 6.45) is 5.51. The zero-order chi connectivity index (χ0) is 16.0. The molecule has 2 aliphatic rings. The Hall–Kier alpha value is -1.14. The van der Waals surface area contributed by atoms with Crippen LogP contribution in [0.1, 0.15) is 51.4 Å². The zero-order valence-corrected chi connectivity index (χ0v) is 13.3. The van der Waals surface area contributed by atoms with E-state index in [1.807, 2.05) is 4.90 Å². The predicted octanol–water partition coefficient (Wildman–Crippen LogP) is 0.515. The van der Waals surface area contributed by atoms with Crippen LogP contribution in [-0.4, -0.2) is 70.2 Å². The zero-order valence-electron chi connectivity index (χ0n) is 13.3. The highest BCUT2D eigenvalue weighted by atomic mass is 16.3. The van der Waals surface area contributed by atoms with E-state index in [4.69, 9.17) is 0 Å². The van der Waals surface area contributed by atoms with Crippen LogP contribution in [0, 0.1) is 0 Å². The van der Waals surface area contributed by atoms with Crippen molar-refractivity contribution in [2.24, 2.45) is 0 Å². The molecule has 2 N–H and O–H groups in total. The molecule has 2 fully saturated rings. The smallest absolute Gasteiger partial charge is 0.222 e. The Kier molecular flexibility index (Phi) is 6.20. The molecule has 0 aliphatic carbocycles. The van der Waals surface area contributed by atoms with Crippen molar-refractivity contribution < 1.29 is 19.8 Å². The lowest BCUT2D eigenvalue weighted by Crippen LogP contribution is -2.38. The molecule has 0 radical (unpaired) electrons. The van der Waals surface area contributed by atoms with Crippen LogP contribution in [0.25, 0.3) is 0 Å². The van der Waals surface area contributed by atoms with Crippen molar-refractivity contribution in [1.29, 1.82) is 0 Å². The van der Waals surface area contributed by atoms with Gasteiger partial charge in [0.25, 0.3) is 0 Å². The maximum absolute atomic E-state index is 12.3. The van der Waals surface area contributed by atoms with E-state index in [2.05, 4.69) is 0 Å². The van der Waals surface area contributed by atoms with Gasteiger partial charge in [0.05, 0.1) is 12.2 Å². The monoisotopic (exact) mass is 312 g/mol. The molecule has 22 heavy (non-hydrogen) atoms. The summed E-state index contributed by atoms with van der Waals surface area (Å²) < 4.78 is 0. The number of amides is 2. The highest BCUT2D eigenvalue weighted by Gasteiger charge is 2.30. The Labute approximate surface area is 132 Å². The minimum atomic E-state index is -1.03. The lowest BCUT2D eigenvalue weighted by molar-refractivity contribution is -0.135. The third-order valence-corrected chi connectivity index (χ3v) is 4.80. The van der Waals surface area contributed by atoms with Gasteiger partial charge in [0.15, 0.2) is 0 Å². The van der Waals surface area contributed by atoms with Crippen LogP contribution >= 0.6 is 0 Å². The Morgan fingerprint density at radius 1 is 1.14 bits per heavy atom. The number of carbonyl (C=O) groups is 2. The van der Waals surface area contributed by atoms with Crippen LogP contribution in [0.2, 0.25) is 0 Å². The molecule has 6 nitrogen and oxygen atoms in total. The van der Waals surface area contributed by atoms with Crippen LogP contribution < -0.4 is 0 Å². The van der Waals surface area contributed by atoms with E-state index in [1.165, 1.54) is 0 Å². The number of rotatable bonds is 5. The maximum Gasteiger partial charge on any atom is 0.222 e. The van der Waals surface area contributed by atoms with Gasteiger partial charge in [-0.2, -0.15) is 0 Å². The first kappa shape index (κ1) is 17.2. The number of aliphatic hydroxyl groups excluding tert-OH is 1. The molecule has 1 unspecified atom stereocenters. The molecule has 0 spiro atoms. The number of hydrogen-bond donors (Lipinski definition) is 2. The second kappa shape index (κ2) is 7.92. The quantitative estimate of drug-likeness (QED) is 0.775. The lowest BCUT2D eigenvalue weighted by Gasteiger charge is -2.27. The van der Waals surface area contributed by atoms with Gasteiger partial charge in [0, 0.05) is 39.0 Å². The van der Waals surface area contributed by atoms with Crippen LogP contribution in [0.15, 0.2) is 0 Å². The predicted molar refractivity (Wildman–Crippen MR) is 82.1 cm³/mol. The molecule has 0 aromatic carbocycles. The first-order chi connectivity index (χ1) is 10.5. The standard InChI is InChI=1S/C16H28N2O4/c19-13-16(22)7-4-11-18(12-8-16)15(21)6-3-10-17-9-2-1-5-14(17)20/h19,22H,1-13H2. The van der Waals surface area contributed by atoms with E-state index in [9.17, 15) is 19.8 Å². The summed E-state index contributed by atoms with van der Waals surface area (Å²) in [5, 5.41) is 19.3. The van der Waals surface area contributed by atoms with Gasteiger partial charge in [-0.05, 0) is 38.5 Å². The summed E-state index contributed by atoms with van der Waals surface area (Å²) in [4.78, 5) is 27.6. The van der Waals surface area contributed by atoms with E-state index in [0.717, 1.165) is 19.4 Å². The molecule has 6 heteroatoms. The summed E-state index contributed by atoms with van der Waals surface area (Å²) in [5.41, 5.74) is -1.03. The van der Waals surface area contributed by atoms with Crippen molar-refractivity contribution in [3.05, 3.63) is 0 Å². The second-order valence-electron chi connectivity index (χ2n) is 6.56. The van der Waals surface area contributed by atoms with E-state index in [1.54, 1.807) is 4.90 Å². The lowest BCUT2D eigenvalue weighted by atomic mass is 9.96. The summed E-state index contributed by atoms with van der Waals surface area (Å²) in [7, 11) is 0. The van der Waals surface area contributed by atoms with Gasteiger partial charge in [-0.15, -0.1) is 0 Å². The summed E-state index contributed by atoms with van der Waals surface area (Å²) >= 11 is 0. The molecule has 0 aromatic rings. The van der Waals surface area contributed by atoms with Crippen molar-refractivity contribution in [2.75, 3.05) is 32.8 Å². The number of hydrogen-bond acceptors (Lipinski definition) is 4. The summed E-state index contributed by atoms with van der Waals surface area (Å²) in [6, 6.07) is 0. The SMILES string of the molecule is O=C1CCCCN1CCCC(=O)N1CCCC(O)(CO)CC1. The number of piperidine rings is 1. The molecule has 0 aromatic heterocycles. The van der Waals surface area contributed by atoms with Gasteiger partial charge in [0.2, 0.25) is 11.8 Å². The molecule has 2 saturated heterocycles. The van der Waals surface area contributed by atoms with Crippen molar-refractivity contribution in [1.82, 2.24) is 9.80 Å². The Morgan fingerprint density at radius 3 is 2.68 bits per heavy atom. The summed E-state index contributed by atoms with van der Waals surface area (Å²) in [5.74, 6) is 0.299. The first-order valence-electron chi connectivity index (χ1n) is 8.43. The molecule has 1 atom stereocenters. The number of nitrogens with zero attached hydrogens (tertiary/aromatic N) is 2. The minimum Gasteiger partial charge on any atom is -0.393 e. The van der Waals surface area contributed by atoms with Crippen molar-refractivity contribution in [2.45, 2.75) is 57.0 Å². The summed E-state index contributed by atoms with van der Waals surface area (Å²) in [6.45, 7) is 2.38. The van der Waals surface area contributed by atoms with E-state index >= 15 is 0 Å². The van der Waals surface area contributed by atoms with Crippen LogP contribution in [-0.2, 0) is 9.59 Å². The number of likely N-dealkylation sites (tertiary alicyclic amines) is 2. The van der Waals surface area contributed by atoms with E-state index in [0.29, 0.717) is 58.2 Å².